The minimum absolute atomic E-state index is 0.0253. The van der Waals surface area contributed by atoms with E-state index in [1.54, 1.807) is 49.1 Å². The average molecular weight is 486 g/mol. The van der Waals surface area contributed by atoms with Crippen LogP contribution in [0.25, 0.3) is 33.4 Å². The van der Waals surface area contributed by atoms with E-state index in [1.165, 1.54) is 23.0 Å². The van der Waals surface area contributed by atoms with Crippen LogP contribution in [0, 0.1) is 0 Å². The number of amides is 1. The lowest BCUT2D eigenvalue weighted by atomic mass is 10.1. The number of benzene rings is 2. The van der Waals surface area contributed by atoms with Gasteiger partial charge in [-0.3, -0.25) is 24.2 Å². The molecule has 0 saturated carbocycles. The summed E-state index contributed by atoms with van der Waals surface area (Å²) in [6.07, 6.45) is 8.00. The summed E-state index contributed by atoms with van der Waals surface area (Å²) in [5.41, 5.74) is 9.68. The molecular formula is C24H19N7O3S. The van der Waals surface area contributed by atoms with E-state index in [-0.39, 0.29) is 11.4 Å². The Kier molecular flexibility index (Phi) is 5.67. The average Bonchev–Trinajstić information content (AvgIpc) is 3.31. The lowest BCUT2D eigenvalue weighted by Crippen LogP contribution is -2.18. The number of nitrogens with two attached hydrogens (primary N) is 1. The van der Waals surface area contributed by atoms with Gasteiger partial charge in [-0.15, -0.1) is 0 Å². The Balaban J connectivity index is 1.45. The molecule has 0 unspecified atom stereocenters. The number of pyridine rings is 1. The van der Waals surface area contributed by atoms with Crippen molar-refractivity contribution in [3.8, 4) is 22.4 Å². The molecule has 0 bridgehead atoms. The van der Waals surface area contributed by atoms with Gasteiger partial charge in [0.2, 0.25) is 5.91 Å². The van der Waals surface area contributed by atoms with Crippen molar-refractivity contribution in [2.24, 2.45) is 5.73 Å². The first-order valence-corrected chi connectivity index (χ1v) is 12.0. The third-order valence-electron chi connectivity index (χ3n) is 5.17. The van der Waals surface area contributed by atoms with Gasteiger partial charge in [0.25, 0.3) is 10.0 Å². The van der Waals surface area contributed by atoms with E-state index in [4.69, 9.17) is 5.73 Å². The molecule has 3 heterocycles. The van der Waals surface area contributed by atoms with E-state index in [0.717, 1.165) is 5.56 Å². The summed E-state index contributed by atoms with van der Waals surface area (Å²) in [6.45, 7) is -0.0253. The predicted molar refractivity (Wildman–Crippen MR) is 130 cm³/mol. The molecule has 0 aliphatic rings. The second kappa shape index (κ2) is 8.95. The third kappa shape index (κ3) is 4.84. The zero-order chi connectivity index (χ0) is 24.4. The van der Waals surface area contributed by atoms with Crippen LogP contribution in [-0.4, -0.2) is 39.1 Å². The van der Waals surface area contributed by atoms with Crippen LogP contribution >= 0.6 is 0 Å². The fraction of sp³-hybridized carbons (Fsp3) is 0.0417. The maximum absolute atomic E-state index is 12.7. The number of sulfonamides is 1. The highest BCUT2D eigenvalue weighted by atomic mass is 32.2. The number of rotatable bonds is 7. The van der Waals surface area contributed by atoms with Crippen molar-refractivity contribution in [1.29, 1.82) is 0 Å². The van der Waals surface area contributed by atoms with Crippen molar-refractivity contribution >= 4 is 32.7 Å². The zero-order valence-electron chi connectivity index (χ0n) is 18.2. The molecule has 1 amide bonds. The number of hydrogen-bond acceptors (Lipinski definition) is 7. The SMILES string of the molecule is NC(=O)Cn1cc(-c2cnc3ccc(-c4cncc(NS(=O)(=O)c5ccccc5)c4)cc3n2)cn1. The minimum atomic E-state index is -3.74. The van der Waals surface area contributed by atoms with Crippen LogP contribution in [0.3, 0.4) is 0 Å². The standard InChI is InChI=1S/C24H19N7O3S/c25-24(32)15-31-14-18(11-28-31)23-13-27-21-7-6-16(9-22(21)29-23)17-8-19(12-26-10-17)30-35(33,34)20-4-2-1-3-5-20/h1-14,30H,15H2,(H2,25,32). The topological polar surface area (TPSA) is 146 Å². The Labute approximate surface area is 200 Å². The van der Waals surface area contributed by atoms with Gasteiger partial charge in [0.1, 0.15) is 6.54 Å². The number of aromatic nitrogens is 5. The Morgan fingerprint density at radius 1 is 0.914 bits per heavy atom. The van der Waals surface area contributed by atoms with Crippen molar-refractivity contribution in [1.82, 2.24) is 24.7 Å². The molecule has 0 saturated heterocycles. The first kappa shape index (κ1) is 22.2. The molecule has 35 heavy (non-hydrogen) atoms. The van der Waals surface area contributed by atoms with Gasteiger partial charge in [0, 0.05) is 23.5 Å². The number of primary amides is 1. The zero-order valence-corrected chi connectivity index (χ0v) is 19.1. The van der Waals surface area contributed by atoms with Crippen LogP contribution in [0.15, 0.2) is 90.5 Å². The number of carbonyl (C=O) groups excluding carboxylic acids is 1. The van der Waals surface area contributed by atoms with Crippen molar-refractivity contribution < 1.29 is 13.2 Å². The molecule has 5 rings (SSSR count). The van der Waals surface area contributed by atoms with Crippen LogP contribution in [0.1, 0.15) is 0 Å². The van der Waals surface area contributed by atoms with Gasteiger partial charge < -0.3 is 5.73 Å². The fourth-order valence-electron chi connectivity index (χ4n) is 3.54. The quantitative estimate of drug-likeness (QED) is 0.360. The molecule has 0 aliphatic carbocycles. The number of nitrogens with zero attached hydrogens (tertiary/aromatic N) is 5. The molecule has 0 radical (unpaired) electrons. The Morgan fingerprint density at radius 3 is 2.54 bits per heavy atom. The molecule has 10 nitrogen and oxygen atoms in total. The third-order valence-corrected chi connectivity index (χ3v) is 6.56. The highest BCUT2D eigenvalue weighted by Crippen LogP contribution is 2.27. The summed E-state index contributed by atoms with van der Waals surface area (Å²) in [5, 5.41) is 4.12. The van der Waals surface area contributed by atoms with E-state index in [0.29, 0.717) is 33.5 Å². The van der Waals surface area contributed by atoms with Crippen molar-refractivity contribution in [2.75, 3.05) is 4.72 Å². The molecular weight excluding hydrogens is 466 g/mol. The molecule has 0 atom stereocenters. The number of nitrogens with one attached hydrogen (secondary N) is 1. The van der Waals surface area contributed by atoms with Gasteiger partial charge in [0.15, 0.2) is 0 Å². The fourth-order valence-corrected chi connectivity index (χ4v) is 4.59. The number of anilines is 1. The number of hydrogen-bond donors (Lipinski definition) is 2. The van der Waals surface area contributed by atoms with E-state index in [1.807, 2.05) is 18.2 Å². The molecule has 11 heteroatoms. The van der Waals surface area contributed by atoms with Gasteiger partial charge in [0.05, 0.1) is 45.9 Å². The van der Waals surface area contributed by atoms with E-state index >= 15 is 0 Å². The van der Waals surface area contributed by atoms with E-state index < -0.39 is 15.9 Å². The van der Waals surface area contributed by atoms with Crippen molar-refractivity contribution in [3.63, 3.8) is 0 Å². The second-order valence-electron chi connectivity index (χ2n) is 7.73. The van der Waals surface area contributed by atoms with Crippen LogP contribution in [0.5, 0.6) is 0 Å². The Hall–Kier alpha value is -4.64. The van der Waals surface area contributed by atoms with Gasteiger partial charge in [-0.1, -0.05) is 24.3 Å². The normalized spacial score (nSPS) is 11.4. The van der Waals surface area contributed by atoms with E-state index in [2.05, 4.69) is 24.8 Å². The first-order chi connectivity index (χ1) is 16.9. The lowest BCUT2D eigenvalue weighted by molar-refractivity contribution is -0.118. The molecule has 0 fully saturated rings. The molecule has 0 aliphatic heterocycles. The summed E-state index contributed by atoms with van der Waals surface area (Å²) in [5.74, 6) is -0.490. The lowest BCUT2D eigenvalue weighted by Gasteiger charge is -2.10. The summed E-state index contributed by atoms with van der Waals surface area (Å²) in [6, 6.07) is 15.4. The van der Waals surface area contributed by atoms with Crippen molar-refractivity contribution in [2.45, 2.75) is 11.4 Å². The maximum Gasteiger partial charge on any atom is 0.261 e. The molecule has 0 spiro atoms. The predicted octanol–water partition coefficient (Wildman–Crippen LogP) is 2.84. The molecule has 3 aromatic heterocycles. The molecule has 3 N–H and O–H groups in total. The summed E-state index contributed by atoms with van der Waals surface area (Å²) < 4.78 is 29.3. The second-order valence-corrected chi connectivity index (χ2v) is 9.41. The largest absolute Gasteiger partial charge is 0.368 e. The van der Waals surface area contributed by atoms with Crippen LogP contribution in [0.4, 0.5) is 5.69 Å². The van der Waals surface area contributed by atoms with Crippen molar-refractivity contribution in [3.05, 3.63) is 85.6 Å². The van der Waals surface area contributed by atoms with Crippen LogP contribution in [0.2, 0.25) is 0 Å². The molecule has 174 valence electrons. The van der Waals surface area contributed by atoms with Gasteiger partial charge in [-0.05, 0) is 35.9 Å². The van der Waals surface area contributed by atoms with Gasteiger partial charge >= 0.3 is 0 Å². The summed E-state index contributed by atoms with van der Waals surface area (Å²) in [7, 11) is -3.74. The molecule has 5 aromatic rings. The Bertz CT molecular complexity index is 1650. The number of fused-ring (bicyclic) bond motifs is 1. The summed E-state index contributed by atoms with van der Waals surface area (Å²) >= 11 is 0. The first-order valence-electron chi connectivity index (χ1n) is 10.5. The van der Waals surface area contributed by atoms with Crippen LogP contribution in [-0.2, 0) is 21.4 Å². The van der Waals surface area contributed by atoms with E-state index in [9.17, 15) is 13.2 Å². The highest BCUT2D eigenvalue weighted by molar-refractivity contribution is 7.92. The number of carbonyl (C=O) groups is 1. The van der Waals surface area contributed by atoms with Crippen LogP contribution < -0.4 is 10.5 Å². The monoisotopic (exact) mass is 485 g/mol. The summed E-state index contributed by atoms with van der Waals surface area (Å²) in [4.78, 5) is 24.6. The van der Waals surface area contributed by atoms with Gasteiger partial charge in [-0.25, -0.2) is 13.4 Å². The Morgan fingerprint density at radius 2 is 1.74 bits per heavy atom. The highest BCUT2D eigenvalue weighted by Gasteiger charge is 2.14. The smallest absolute Gasteiger partial charge is 0.261 e. The van der Waals surface area contributed by atoms with Gasteiger partial charge in [-0.2, -0.15) is 5.10 Å². The maximum atomic E-state index is 12.7. The minimum Gasteiger partial charge on any atom is -0.368 e. The molecule has 2 aromatic carbocycles.